The molecule has 182 valence electrons. The van der Waals surface area contributed by atoms with Crippen LogP contribution in [0, 0.1) is 5.82 Å². The van der Waals surface area contributed by atoms with Gasteiger partial charge in [-0.2, -0.15) is 0 Å². The van der Waals surface area contributed by atoms with Crippen LogP contribution in [0.4, 0.5) is 4.39 Å². The van der Waals surface area contributed by atoms with Crippen molar-refractivity contribution in [1.29, 1.82) is 0 Å². The molecule has 0 amide bonds. The standard InChI is InChI=1S/C25H34FN3O3.HI/c1-3-27-25(29(2)14-17-31-24-7-5-4-6-23(24)26)28-18-20-8-10-21(11-9-20)19-32-22-12-15-30-16-13-22;/h4-11,22H,3,12-19H2,1-2H3,(H,27,28);1H. The van der Waals surface area contributed by atoms with E-state index in [0.717, 1.165) is 44.1 Å². The van der Waals surface area contributed by atoms with E-state index >= 15 is 0 Å². The Balaban J connectivity index is 0.00000385. The Morgan fingerprint density at radius 3 is 2.52 bits per heavy atom. The number of likely N-dealkylation sites (N-methyl/N-ethyl adjacent to an activating group) is 1. The number of hydrogen-bond donors (Lipinski definition) is 1. The van der Waals surface area contributed by atoms with Crippen LogP contribution in [-0.4, -0.2) is 56.9 Å². The van der Waals surface area contributed by atoms with Crippen LogP contribution in [0.25, 0.3) is 0 Å². The van der Waals surface area contributed by atoms with Crippen molar-refractivity contribution in [3.63, 3.8) is 0 Å². The molecule has 0 radical (unpaired) electrons. The second-order valence-corrected chi connectivity index (χ2v) is 7.81. The van der Waals surface area contributed by atoms with Crippen LogP contribution in [0.1, 0.15) is 30.9 Å². The summed E-state index contributed by atoms with van der Waals surface area (Å²) in [6.07, 6.45) is 2.24. The SMILES string of the molecule is CCNC(=NCc1ccc(COC2CCOCC2)cc1)N(C)CCOc1ccccc1F.I. The van der Waals surface area contributed by atoms with Gasteiger partial charge in [0.1, 0.15) is 6.61 Å². The molecule has 1 fully saturated rings. The molecule has 1 heterocycles. The zero-order valence-corrected chi connectivity index (χ0v) is 21.8. The molecule has 1 N–H and O–H groups in total. The molecule has 0 bridgehead atoms. The fourth-order valence-corrected chi connectivity index (χ4v) is 3.39. The van der Waals surface area contributed by atoms with Gasteiger partial charge < -0.3 is 24.4 Å². The lowest BCUT2D eigenvalue weighted by molar-refractivity contribution is -0.0390. The second kappa shape index (κ2) is 15.1. The molecule has 2 aromatic carbocycles. The van der Waals surface area contributed by atoms with E-state index in [-0.39, 0.29) is 35.5 Å². The summed E-state index contributed by atoms with van der Waals surface area (Å²) in [5.41, 5.74) is 2.30. The molecule has 33 heavy (non-hydrogen) atoms. The highest BCUT2D eigenvalue weighted by atomic mass is 127. The Morgan fingerprint density at radius 2 is 1.82 bits per heavy atom. The van der Waals surface area contributed by atoms with Gasteiger partial charge in [-0.1, -0.05) is 36.4 Å². The van der Waals surface area contributed by atoms with Crippen LogP contribution in [0.5, 0.6) is 5.75 Å². The highest BCUT2D eigenvalue weighted by Crippen LogP contribution is 2.16. The predicted octanol–water partition coefficient (Wildman–Crippen LogP) is 4.62. The van der Waals surface area contributed by atoms with E-state index in [0.29, 0.717) is 32.4 Å². The van der Waals surface area contributed by atoms with E-state index in [1.54, 1.807) is 18.2 Å². The van der Waals surface area contributed by atoms with E-state index in [1.165, 1.54) is 11.6 Å². The van der Waals surface area contributed by atoms with E-state index in [1.807, 2.05) is 18.9 Å². The molecule has 0 aliphatic carbocycles. The fourth-order valence-electron chi connectivity index (χ4n) is 3.39. The maximum Gasteiger partial charge on any atom is 0.194 e. The Hall–Kier alpha value is -1.91. The maximum atomic E-state index is 13.7. The molecule has 6 nitrogen and oxygen atoms in total. The van der Waals surface area contributed by atoms with Crippen LogP contribution in [0.15, 0.2) is 53.5 Å². The van der Waals surface area contributed by atoms with Crippen molar-refractivity contribution < 1.29 is 18.6 Å². The Bertz CT molecular complexity index is 845. The zero-order valence-electron chi connectivity index (χ0n) is 19.5. The van der Waals surface area contributed by atoms with Crippen LogP contribution in [0.3, 0.4) is 0 Å². The lowest BCUT2D eigenvalue weighted by atomic mass is 10.1. The summed E-state index contributed by atoms with van der Waals surface area (Å²) in [7, 11) is 1.95. The summed E-state index contributed by atoms with van der Waals surface area (Å²) < 4.78 is 30.6. The van der Waals surface area contributed by atoms with Crippen LogP contribution in [0.2, 0.25) is 0 Å². The number of para-hydroxylation sites is 1. The van der Waals surface area contributed by atoms with Crippen LogP contribution < -0.4 is 10.1 Å². The second-order valence-electron chi connectivity index (χ2n) is 7.81. The minimum absolute atomic E-state index is 0. The molecule has 0 unspecified atom stereocenters. The summed E-state index contributed by atoms with van der Waals surface area (Å²) >= 11 is 0. The van der Waals surface area contributed by atoms with Crippen molar-refractivity contribution in [2.45, 2.75) is 39.0 Å². The Kier molecular flexibility index (Phi) is 12.5. The molecular formula is C25H35FIN3O3. The van der Waals surface area contributed by atoms with E-state index in [9.17, 15) is 4.39 Å². The van der Waals surface area contributed by atoms with Gasteiger partial charge in [-0.15, -0.1) is 24.0 Å². The first-order chi connectivity index (χ1) is 15.7. The number of benzene rings is 2. The monoisotopic (exact) mass is 571 g/mol. The third kappa shape index (κ3) is 9.46. The summed E-state index contributed by atoms with van der Waals surface area (Å²) in [5.74, 6) is 0.706. The average Bonchev–Trinajstić information content (AvgIpc) is 2.83. The van der Waals surface area contributed by atoms with Crippen molar-refractivity contribution in [3.8, 4) is 5.75 Å². The fraction of sp³-hybridized carbons (Fsp3) is 0.480. The van der Waals surface area contributed by atoms with Crippen molar-refractivity contribution in [1.82, 2.24) is 10.2 Å². The third-order valence-electron chi connectivity index (χ3n) is 5.31. The molecule has 0 aromatic heterocycles. The Labute approximate surface area is 213 Å². The van der Waals surface area contributed by atoms with Crippen LogP contribution >= 0.6 is 24.0 Å². The molecule has 0 saturated carbocycles. The predicted molar refractivity (Wildman–Crippen MR) is 140 cm³/mol. The number of rotatable bonds is 10. The number of nitrogens with zero attached hydrogens (tertiary/aromatic N) is 2. The summed E-state index contributed by atoms with van der Waals surface area (Å²) in [6, 6.07) is 14.8. The van der Waals surface area contributed by atoms with Gasteiger partial charge in [0.2, 0.25) is 0 Å². The lowest BCUT2D eigenvalue weighted by Crippen LogP contribution is -2.40. The first-order valence-electron chi connectivity index (χ1n) is 11.3. The molecule has 2 aromatic rings. The molecule has 1 aliphatic heterocycles. The molecule has 1 saturated heterocycles. The van der Waals surface area contributed by atoms with E-state index in [4.69, 9.17) is 19.2 Å². The van der Waals surface area contributed by atoms with Gasteiger partial charge in [-0.25, -0.2) is 9.38 Å². The summed E-state index contributed by atoms with van der Waals surface area (Å²) in [5, 5.41) is 3.30. The molecule has 8 heteroatoms. The average molecular weight is 571 g/mol. The number of guanidine groups is 1. The van der Waals surface area contributed by atoms with Crippen LogP contribution in [-0.2, 0) is 22.6 Å². The largest absolute Gasteiger partial charge is 0.489 e. The van der Waals surface area contributed by atoms with E-state index in [2.05, 4.69) is 29.6 Å². The highest BCUT2D eigenvalue weighted by Gasteiger charge is 2.14. The molecule has 3 rings (SSSR count). The molecular weight excluding hydrogens is 536 g/mol. The normalized spacial score (nSPS) is 14.5. The van der Waals surface area contributed by atoms with Gasteiger partial charge in [-0.05, 0) is 43.0 Å². The van der Waals surface area contributed by atoms with Gasteiger partial charge in [0, 0.05) is 26.8 Å². The van der Waals surface area contributed by atoms with Crippen molar-refractivity contribution in [3.05, 3.63) is 65.5 Å². The topological polar surface area (TPSA) is 55.3 Å². The molecule has 1 aliphatic rings. The van der Waals surface area contributed by atoms with Gasteiger partial charge in [-0.3, -0.25) is 0 Å². The quantitative estimate of drug-likeness (QED) is 0.257. The minimum Gasteiger partial charge on any atom is -0.489 e. The number of halogens is 2. The van der Waals surface area contributed by atoms with Gasteiger partial charge in [0.15, 0.2) is 17.5 Å². The first kappa shape index (κ1) is 27.3. The molecule has 0 spiro atoms. The van der Waals surface area contributed by atoms with Gasteiger partial charge in [0.25, 0.3) is 0 Å². The molecule has 0 atom stereocenters. The summed E-state index contributed by atoms with van der Waals surface area (Å²) in [4.78, 5) is 6.72. The van der Waals surface area contributed by atoms with Gasteiger partial charge >= 0.3 is 0 Å². The van der Waals surface area contributed by atoms with Crippen molar-refractivity contribution >= 4 is 29.9 Å². The maximum absolute atomic E-state index is 13.7. The number of ether oxygens (including phenoxy) is 3. The minimum atomic E-state index is -0.350. The summed E-state index contributed by atoms with van der Waals surface area (Å²) in [6.45, 7) is 6.53. The lowest BCUT2D eigenvalue weighted by Gasteiger charge is -2.22. The number of aliphatic imine (C=N–C) groups is 1. The zero-order chi connectivity index (χ0) is 22.6. The number of nitrogens with one attached hydrogen (secondary N) is 1. The first-order valence-corrected chi connectivity index (χ1v) is 11.3. The number of hydrogen-bond acceptors (Lipinski definition) is 4. The van der Waals surface area contributed by atoms with Crippen molar-refractivity contribution in [2.75, 3.05) is 40.0 Å². The van der Waals surface area contributed by atoms with Gasteiger partial charge in [0.05, 0.1) is 25.8 Å². The smallest absolute Gasteiger partial charge is 0.194 e. The third-order valence-corrected chi connectivity index (χ3v) is 5.31. The highest BCUT2D eigenvalue weighted by molar-refractivity contribution is 14.0. The van der Waals surface area contributed by atoms with E-state index < -0.39 is 0 Å². The Morgan fingerprint density at radius 1 is 1.12 bits per heavy atom. The van der Waals surface area contributed by atoms with Crippen molar-refractivity contribution in [2.24, 2.45) is 4.99 Å².